The van der Waals surface area contributed by atoms with Gasteiger partial charge < -0.3 is 19.4 Å². The fourth-order valence-electron chi connectivity index (χ4n) is 4.96. The summed E-state index contributed by atoms with van der Waals surface area (Å²) in [5, 5.41) is 3.00. The number of carbonyl (C=O) groups excluding carboxylic acids is 2. The Bertz CT molecular complexity index is 1300. The van der Waals surface area contributed by atoms with Crippen molar-refractivity contribution in [2.75, 3.05) is 11.9 Å². The van der Waals surface area contributed by atoms with Gasteiger partial charge in [0.15, 0.2) is 0 Å². The molecule has 0 unspecified atom stereocenters. The highest BCUT2D eigenvalue weighted by Crippen LogP contribution is 2.29. The van der Waals surface area contributed by atoms with Crippen LogP contribution < -0.4 is 10.9 Å². The third-order valence-electron chi connectivity index (χ3n) is 6.64. The van der Waals surface area contributed by atoms with Crippen LogP contribution in [0.25, 0.3) is 0 Å². The van der Waals surface area contributed by atoms with Gasteiger partial charge in [-0.05, 0) is 66.1 Å². The number of hydrogen-bond acceptors (Lipinski definition) is 3. The number of aromatic nitrogens is 2. The van der Waals surface area contributed by atoms with Gasteiger partial charge >= 0.3 is 0 Å². The summed E-state index contributed by atoms with van der Waals surface area (Å²) >= 11 is 0. The molecule has 3 heterocycles. The number of pyridine rings is 1. The van der Waals surface area contributed by atoms with Crippen molar-refractivity contribution in [1.29, 1.82) is 0 Å². The van der Waals surface area contributed by atoms with Crippen molar-refractivity contribution in [2.45, 2.75) is 32.2 Å². The largest absolute Gasteiger partial charge is 0.347 e. The van der Waals surface area contributed by atoms with Crippen molar-refractivity contribution < 1.29 is 9.59 Å². The van der Waals surface area contributed by atoms with Crippen LogP contribution in [0.15, 0.2) is 47.5 Å². The summed E-state index contributed by atoms with van der Waals surface area (Å²) in [5.41, 5.74) is 5.30. The van der Waals surface area contributed by atoms with Crippen molar-refractivity contribution in [3.05, 3.63) is 86.6 Å². The average molecular weight is 431 g/mol. The third kappa shape index (κ3) is 3.34. The quantitative estimate of drug-likeness (QED) is 0.694. The van der Waals surface area contributed by atoms with Gasteiger partial charge in [-0.15, -0.1) is 0 Å². The molecule has 32 heavy (non-hydrogen) atoms. The van der Waals surface area contributed by atoms with Crippen molar-refractivity contribution in [3.8, 4) is 0 Å². The van der Waals surface area contributed by atoms with Crippen LogP contribution in [-0.4, -0.2) is 32.4 Å². The Labute approximate surface area is 186 Å². The van der Waals surface area contributed by atoms with E-state index in [1.165, 1.54) is 15.7 Å². The minimum Gasteiger partial charge on any atom is -0.347 e. The second-order valence-corrected chi connectivity index (χ2v) is 8.66. The van der Waals surface area contributed by atoms with Crippen LogP contribution in [0.2, 0.25) is 0 Å². The van der Waals surface area contributed by atoms with E-state index in [-0.39, 0.29) is 22.9 Å². The Morgan fingerprint density at radius 1 is 0.938 bits per heavy atom. The number of hydrogen-bond donors (Lipinski definition) is 1. The molecule has 1 aromatic carbocycles. The lowest BCUT2D eigenvalue weighted by atomic mass is 9.95. The Kier molecular flexibility index (Phi) is 4.96. The van der Waals surface area contributed by atoms with Gasteiger partial charge in [0, 0.05) is 45.3 Å². The van der Waals surface area contributed by atoms with E-state index in [9.17, 15) is 14.4 Å². The zero-order chi connectivity index (χ0) is 22.4. The van der Waals surface area contributed by atoms with Crippen molar-refractivity contribution in [2.24, 2.45) is 14.1 Å². The molecule has 0 saturated carbocycles. The van der Waals surface area contributed by atoms with E-state index >= 15 is 0 Å². The minimum absolute atomic E-state index is 0.0529. The Balaban J connectivity index is 1.47. The minimum atomic E-state index is -0.370. The lowest BCUT2D eigenvalue weighted by Crippen LogP contribution is -2.40. The number of amides is 2. The molecule has 1 N–H and O–H groups in total. The summed E-state index contributed by atoms with van der Waals surface area (Å²) in [6, 6.07) is 9.60. The van der Waals surface area contributed by atoms with Gasteiger partial charge in [-0.3, -0.25) is 14.4 Å². The maximum Gasteiger partial charge on any atom is 0.270 e. The standard InChI is InChI=1S/C25H26N4O3/c1-27-12-5-10-21(27)24(31)29-13-11-19-17(15-29)14-28(2)25(32)22(19)23(30)26-20-9-4-7-16-6-3-8-18(16)20/h4-5,7,9-10,12,14H,3,6,8,11,13,15H2,1-2H3,(H,26,30). The summed E-state index contributed by atoms with van der Waals surface area (Å²) in [4.78, 5) is 41.0. The molecule has 0 spiro atoms. The fourth-order valence-corrected chi connectivity index (χ4v) is 4.96. The molecule has 5 rings (SSSR count). The molecule has 164 valence electrons. The number of anilines is 1. The normalized spacial score (nSPS) is 14.8. The molecule has 0 radical (unpaired) electrons. The van der Waals surface area contributed by atoms with Crippen molar-refractivity contribution in [1.82, 2.24) is 14.0 Å². The first kappa shape index (κ1) is 20.3. The van der Waals surface area contributed by atoms with Gasteiger partial charge in [0.2, 0.25) is 0 Å². The van der Waals surface area contributed by atoms with Gasteiger partial charge in [-0.2, -0.15) is 0 Å². The SMILES string of the molecule is Cn1cccc1C(=O)N1CCc2c(cn(C)c(=O)c2C(=O)Nc2cccc3c2CCC3)C1. The lowest BCUT2D eigenvalue weighted by Gasteiger charge is -2.30. The van der Waals surface area contributed by atoms with Gasteiger partial charge in [0.25, 0.3) is 17.4 Å². The summed E-state index contributed by atoms with van der Waals surface area (Å²) in [6.45, 7) is 0.833. The van der Waals surface area contributed by atoms with Gasteiger partial charge in [-0.1, -0.05) is 12.1 Å². The van der Waals surface area contributed by atoms with Crippen LogP contribution in [0.4, 0.5) is 5.69 Å². The number of carbonyl (C=O) groups is 2. The molecule has 7 heteroatoms. The Hall–Kier alpha value is -3.61. The van der Waals surface area contributed by atoms with Crippen LogP contribution in [0.3, 0.4) is 0 Å². The van der Waals surface area contributed by atoms with E-state index in [0.717, 1.165) is 36.1 Å². The van der Waals surface area contributed by atoms with E-state index < -0.39 is 0 Å². The van der Waals surface area contributed by atoms with Gasteiger partial charge in [-0.25, -0.2) is 0 Å². The molecule has 1 aliphatic carbocycles. The number of nitrogens with zero attached hydrogens (tertiary/aromatic N) is 3. The second kappa shape index (κ2) is 7.82. The Morgan fingerprint density at radius 3 is 2.56 bits per heavy atom. The lowest BCUT2D eigenvalue weighted by molar-refractivity contribution is 0.0724. The average Bonchev–Trinajstić information content (AvgIpc) is 3.43. The molecule has 2 aliphatic rings. The molecular weight excluding hydrogens is 404 g/mol. The second-order valence-electron chi connectivity index (χ2n) is 8.66. The molecule has 2 aromatic heterocycles. The highest BCUT2D eigenvalue weighted by atomic mass is 16.2. The predicted octanol–water partition coefficient (Wildman–Crippen LogP) is 2.66. The number of aryl methyl sites for hydroxylation is 3. The summed E-state index contributed by atoms with van der Waals surface area (Å²) in [7, 11) is 3.50. The van der Waals surface area contributed by atoms with E-state index in [1.807, 2.05) is 31.4 Å². The molecule has 0 bridgehead atoms. The summed E-state index contributed by atoms with van der Waals surface area (Å²) < 4.78 is 3.25. The zero-order valence-corrected chi connectivity index (χ0v) is 18.4. The molecular formula is C25H26N4O3. The first-order chi connectivity index (χ1) is 15.4. The van der Waals surface area contributed by atoms with E-state index in [2.05, 4.69) is 11.4 Å². The van der Waals surface area contributed by atoms with Gasteiger partial charge in [0.05, 0.1) is 0 Å². The van der Waals surface area contributed by atoms with Crippen LogP contribution in [0.1, 0.15) is 49.5 Å². The summed E-state index contributed by atoms with van der Waals surface area (Å²) in [6.07, 6.45) is 7.10. The number of rotatable bonds is 3. The highest BCUT2D eigenvalue weighted by molar-refractivity contribution is 6.06. The monoisotopic (exact) mass is 430 g/mol. The predicted molar refractivity (Wildman–Crippen MR) is 122 cm³/mol. The molecule has 0 saturated heterocycles. The van der Waals surface area contributed by atoms with E-state index in [0.29, 0.717) is 25.2 Å². The molecule has 1 aliphatic heterocycles. The zero-order valence-electron chi connectivity index (χ0n) is 18.4. The molecule has 0 fully saturated rings. The number of nitrogens with one attached hydrogen (secondary N) is 1. The van der Waals surface area contributed by atoms with Crippen molar-refractivity contribution >= 4 is 17.5 Å². The first-order valence-corrected chi connectivity index (χ1v) is 11.0. The number of benzene rings is 1. The molecule has 3 aromatic rings. The fraction of sp³-hybridized carbons (Fsp3) is 0.320. The molecule has 2 amide bonds. The van der Waals surface area contributed by atoms with Crippen LogP contribution in [0, 0.1) is 0 Å². The smallest absolute Gasteiger partial charge is 0.270 e. The summed E-state index contributed by atoms with van der Waals surface area (Å²) in [5.74, 6) is -0.423. The van der Waals surface area contributed by atoms with Crippen LogP contribution in [0.5, 0.6) is 0 Å². The highest BCUT2D eigenvalue weighted by Gasteiger charge is 2.29. The molecule has 7 nitrogen and oxygen atoms in total. The van der Waals surface area contributed by atoms with Crippen molar-refractivity contribution in [3.63, 3.8) is 0 Å². The van der Waals surface area contributed by atoms with Crippen LogP contribution in [-0.2, 0) is 39.9 Å². The first-order valence-electron chi connectivity index (χ1n) is 11.0. The van der Waals surface area contributed by atoms with Crippen LogP contribution >= 0.6 is 0 Å². The number of fused-ring (bicyclic) bond motifs is 2. The third-order valence-corrected chi connectivity index (χ3v) is 6.64. The molecule has 0 atom stereocenters. The maximum absolute atomic E-state index is 13.3. The Morgan fingerprint density at radius 2 is 1.78 bits per heavy atom. The van der Waals surface area contributed by atoms with E-state index in [4.69, 9.17) is 0 Å². The van der Waals surface area contributed by atoms with Gasteiger partial charge in [0.1, 0.15) is 11.3 Å². The maximum atomic E-state index is 13.3. The van der Waals surface area contributed by atoms with E-state index in [1.54, 1.807) is 28.8 Å². The topological polar surface area (TPSA) is 76.3 Å².